The Labute approximate surface area is 170 Å². The van der Waals surface area contributed by atoms with Crippen LogP contribution < -0.4 is 10.1 Å². The van der Waals surface area contributed by atoms with Gasteiger partial charge in [-0.2, -0.15) is 0 Å². The molecule has 0 aliphatic heterocycles. The molecule has 0 heterocycles. The number of hydrogen-bond donors (Lipinski definition) is 1. The number of aryl methyl sites for hydroxylation is 1. The number of ether oxygens (including phenoxy) is 2. The summed E-state index contributed by atoms with van der Waals surface area (Å²) in [6.07, 6.45) is 0.940. The van der Waals surface area contributed by atoms with Gasteiger partial charge < -0.3 is 14.8 Å². The largest absolute Gasteiger partial charge is 0.490 e. The van der Waals surface area contributed by atoms with E-state index >= 15 is 0 Å². The average molecular weight is 402 g/mol. The maximum Gasteiger partial charge on any atom is 0.339 e. The summed E-state index contributed by atoms with van der Waals surface area (Å²) in [6.45, 7) is 6.35. The summed E-state index contributed by atoms with van der Waals surface area (Å²) in [5.74, 6) is 0.533. The van der Waals surface area contributed by atoms with Crippen LogP contribution in [0.15, 0.2) is 53.4 Å². The van der Waals surface area contributed by atoms with Crippen molar-refractivity contribution in [2.45, 2.75) is 38.1 Å². The zero-order chi connectivity index (χ0) is 20.4. The first-order chi connectivity index (χ1) is 13.5. The molecule has 0 unspecified atom stereocenters. The molecule has 0 fully saturated rings. The molecule has 0 radical (unpaired) electrons. The first kappa shape index (κ1) is 21.8. The smallest absolute Gasteiger partial charge is 0.339 e. The van der Waals surface area contributed by atoms with E-state index in [0.717, 1.165) is 17.1 Å². The Morgan fingerprint density at radius 1 is 1.07 bits per heavy atom. The molecule has 2 aromatic carbocycles. The fraction of sp³-hybridized carbons (Fsp3) is 0.364. The molecule has 0 aromatic heterocycles. The first-order valence-corrected chi connectivity index (χ1v) is 10.4. The minimum absolute atomic E-state index is 0.0640. The number of hydrogen-bond acceptors (Lipinski definition) is 5. The van der Waals surface area contributed by atoms with E-state index in [1.807, 2.05) is 50.2 Å². The maximum atomic E-state index is 12.4. The molecule has 2 rings (SSSR count). The van der Waals surface area contributed by atoms with E-state index < -0.39 is 5.97 Å². The van der Waals surface area contributed by atoms with E-state index in [4.69, 9.17) is 9.47 Å². The maximum absolute atomic E-state index is 12.4. The summed E-state index contributed by atoms with van der Waals surface area (Å²) < 4.78 is 11.0. The van der Waals surface area contributed by atoms with Crippen molar-refractivity contribution in [3.63, 3.8) is 0 Å². The van der Waals surface area contributed by atoms with E-state index in [0.29, 0.717) is 5.56 Å². The van der Waals surface area contributed by atoms with Crippen LogP contribution in [0.5, 0.6) is 5.75 Å². The zero-order valence-corrected chi connectivity index (χ0v) is 17.4. The lowest BCUT2D eigenvalue weighted by atomic mass is 10.2. The van der Waals surface area contributed by atoms with Gasteiger partial charge in [-0.25, -0.2) is 4.79 Å². The molecule has 0 aliphatic carbocycles. The summed E-state index contributed by atoms with van der Waals surface area (Å²) in [6, 6.07) is 15.1. The number of benzene rings is 2. The lowest BCUT2D eigenvalue weighted by Gasteiger charge is -2.11. The number of rotatable bonds is 10. The molecular formula is C22H27NO4S. The van der Waals surface area contributed by atoms with Gasteiger partial charge in [0.1, 0.15) is 19.0 Å². The average Bonchev–Trinajstić information content (AvgIpc) is 2.69. The fourth-order valence-corrected chi connectivity index (χ4v) is 3.35. The van der Waals surface area contributed by atoms with Gasteiger partial charge in [0, 0.05) is 10.9 Å². The standard InChI is InChI=1S/C22H27NO4S/c1-4-17-8-7-9-18(14-17)26-12-13-27-22(25)19-10-5-6-11-20(19)28-15-21(24)23-16(2)3/h5-11,14,16H,4,12-13,15H2,1-3H3,(H,23,24). The van der Waals surface area contributed by atoms with Crippen molar-refractivity contribution in [2.24, 2.45) is 0 Å². The molecule has 0 bridgehead atoms. The van der Waals surface area contributed by atoms with Gasteiger partial charge in [0.05, 0.1) is 11.3 Å². The minimum atomic E-state index is -0.418. The van der Waals surface area contributed by atoms with Crippen molar-refractivity contribution in [2.75, 3.05) is 19.0 Å². The van der Waals surface area contributed by atoms with E-state index in [1.54, 1.807) is 12.1 Å². The third kappa shape index (κ3) is 7.27. The Balaban J connectivity index is 1.84. The third-order valence-corrected chi connectivity index (χ3v) is 4.88. The highest BCUT2D eigenvalue weighted by Gasteiger charge is 2.14. The molecule has 150 valence electrons. The lowest BCUT2D eigenvalue weighted by Crippen LogP contribution is -2.31. The summed E-state index contributed by atoms with van der Waals surface area (Å²) >= 11 is 1.32. The highest BCUT2D eigenvalue weighted by atomic mass is 32.2. The van der Waals surface area contributed by atoms with E-state index in [2.05, 4.69) is 12.2 Å². The van der Waals surface area contributed by atoms with E-state index in [9.17, 15) is 9.59 Å². The van der Waals surface area contributed by atoms with Crippen LogP contribution in [-0.4, -0.2) is 36.9 Å². The van der Waals surface area contributed by atoms with Crippen molar-refractivity contribution in [1.29, 1.82) is 0 Å². The lowest BCUT2D eigenvalue weighted by molar-refractivity contribution is -0.119. The highest BCUT2D eigenvalue weighted by molar-refractivity contribution is 8.00. The Hall–Kier alpha value is -2.47. The van der Waals surface area contributed by atoms with Gasteiger partial charge in [0.2, 0.25) is 5.91 Å². The van der Waals surface area contributed by atoms with Gasteiger partial charge in [0.15, 0.2) is 0 Å². The Kier molecular flexibility index (Phi) is 8.88. The van der Waals surface area contributed by atoms with E-state index in [1.165, 1.54) is 17.3 Å². The van der Waals surface area contributed by atoms with Gasteiger partial charge in [-0.3, -0.25) is 4.79 Å². The highest BCUT2D eigenvalue weighted by Crippen LogP contribution is 2.23. The quantitative estimate of drug-likeness (QED) is 0.369. The predicted octanol–water partition coefficient (Wildman–Crippen LogP) is 4.10. The topological polar surface area (TPSA) is 64.6 Å². The number of carbonyl (C=O) groups excluding carboxylic acids is 2. The van der Waals surface area contributed by atoms with Crippen molar-refractivity contribution < 1.29 is 19.1 Å². The molecule has 0 spiro atoms. The Morgan fingerprint density at radius 3 is 2.61 bits per heavy atom. The van der Waals surface area contributed by atoms with Crippen LogP contribution in [-0.2, 0) is 16.0 Å². The molecule has 0 saturated heterocycles. The SMILES string of the molecule is CCc1cccc(OCCOC(=O)c2ccccc2SCC(=O)NC(C)C)c1. The Morgan fingerprint density at radius 2 is 1.86 bits per heavy atom. The predicted molar refractivity (Wildman–Crippen MR) is 112 cm³/mol. The molecule has 1 N–H and O–H groups in total. The monoisotopic (exact) mass is 401 g/mol. The molecule has 1 amide bonds. The molecule has 6 heteroatoms. The van der Waals surface area contributed by atoms with Gasteiger partial charge in [0.25, 0.3) is 0 Å². The van der Waals surface area contributed by atoms with Crippen LogP contribution in [0.1, 0.15) is 36.7 Å². The molecular weight excluding hydrogens is 374 g/mol. The third-order valence-electron chi connectivity index (χ3n) is 3.81. The van der Waals surface area contributed by atoms with Crippen LogP contribution in [0.3, 0.4) is 0 Å². The van der Waals surface area contributed by atoms with Crippen LogP contribution in [0.2, 0.25) is 0 Å². The normalized spacial score (nSPS) is 10.6. The Bertz CT molecular complexity index is 792. The number of amides is 1. The molecule has 2 aromatic rings. The number of thioether (sulfide) groups is 1. The van der Waals surface area contributed by atoms with Gasteiger partial charge in [-0.15, -0.1) is 11.8 Å². The van der Waals surface area contributed by atoms with Crippen molar-refractivity contribution in [3.8, 4) is 5.75 Å². The van der Waals surface area contributed by atoms with Gasteiger partial charge in [-0.1, -0.05) is 31.2 Å². The summed E-state index contributed by atoms with van der Waals surface area (Å²) in [7, 11) is 0. The van der Waals surface area contributed by atoms with E-state index in [-0.39, 0.29) is 30.9 Å². The second-order valence-corrected chi connectivity index (χ2v) is 7.51. The van der Waals surface area contributed by atoms with Gasteiger partial charge >= 0.3 is 5.97 Å². The summed E-state index contributed by atoms with van der Waals surface area (Å²) in [4.78, 5) is 25.0. The molecule has 28 heavy (non-hydrogen) atoms. The van der Waals surface area contributed by atoms with Crippen LogP contribution in [0, 0.1) is 0 Å². The molecule has 0 atom stereocenters. The summed E-state index contributed by atoms with van der Waals surface area (Å²) in [5.41, 5.74) is 1.65. The van der Waals surface area contributed by atoms with Gasteiger partial charge in [-0.05, 0) is 50.1 Å². The van der Waals surface area contributed by atoms with Crippen LogP contribution >= 0.6 is 11.8 Å². The molecule has 5 nitrogen and oxygen atoms in total. The molecule has 0 saturated carbocycles. The van der Waals surface area contributed by atoms with Crippen LogP contribution in [0.25, 0.3) is 0 Å². The second kappa shape index (κ2) is 11.4. The van der Waals surface area contributed by atoms with Crippen molar-refractivity contribution in [3.05, 3.63) is 59.7 Å². The second-order valence-electron chi connectivity index (χ2n) is 6.49. The molecule has 0 aliphatic rings. The zero-order valence-electron chi connectivity index (χ0n) is 16.6. The number of carbonyl (C=O) groups is 2. The van der Waals surface area contributed by atoms with Crippen molar-refractivity contribution in [1.82, 2.24) is 5.32 Å². The fourth-order valence-electron chi connectivity index (χ4n) is 2.49. The number of esters is 1. The van der Waals surface area contributed by atoms with Crippen molar-refractivity contribution >= 4 is 23.6 Å². The minimum Gasteiger partial charge on any atom is -0.490 e. The summed E-state index contributed by atoms with van der Waals surface area (Å²) in [5, 5.41) is 2.83. The van der Waals surface area contributed by atoms with Crippen LogP contribution in [0.4, 0.5) is 0 Å². The first-order valence-electron chi connectivity index (χ1n) is 9.39. The number of nitrogens with one attached hydrogen (secondary N) is 1.